The maximum Gasteiger partial charge on any atom is 0.321 e. The van der Waals surface area contributed by atoms with Crippen molar-refractivity contribution >= 4 is 5.97 Å². The number of carboxylic acid groups (broad SMARTS) is 1. The molecule has 0 aromatic rings. The number of piperazine rings is 1. The molecule has 0 spiro atoms. The molecule has 0 aromatic carbocycles. The zero-order valence-corrected chi connectivity index (χ0v) is 10.8. The van der Waals surface area contributed by atoms with Gasteiger partial charge in [0.25, 0.3) is 0 Å². The molecule has 1 rings (SSSR count). The van der Waals surface area contributed by atoms with Crippen molar-refractivity contribution < 1.29 is 9.90 Å². The standard InChI is InChI=1S/C12H24N2O2/c1-5-10-8-14(7-6-13(10)4)11(9(2)3)12(15)16/h9-11H,5-8H2,1-4H3,(H,15,16). The summed E-state index contributed by atoms with van der Waals surface area (Å²) in [4.78, 5) is 15.7. The monoisotopic (exact) mass is 228 g/mol. The van der Waals surface area contributed by atoms with Crippen molar-refractivity contribution in [3.63, 3.8) is 0 Å². The predicted octanol–water partition coefficient (Wildman–Crippen LogP) is 1.12. The summed E-state index contributed by atoms with van der Waals surface area (Å²) in [5.41, 5.74) is 0. The van der Waals surface area contributed by atoms with Crippen LogP contribution in [0.2, 0.25) is 0 Å². The molecule has 0 saturated carbocycles. The Hall–Kier alpha value is -0.610. The molecule has 0 amide bonds. The highest BCUT2D eigenvalue weighted by Crippen LogP contribution is 2.18. The summed E-state index contributed by atoms with van der Waals surface area (Å²) in [6, 6.07) is 0.164. The van der Waals surface area contributed by atoms with E-state index < -0.39 is 5.97 Å². The fraction of sp³-hybridized carbons (Fsp3) is 0.917. The first kappa shape index (κ1) is 13.5. The molecule has 2 atom stereocenters. The predicted molar refractivity (Wildman–Crippen MR) is 64.5 cm³/mol. The molecule has 1 aliphatic heterocycles. The van der Waals surface area contributed by atoms with Crippen LogP contribution in [0.5, 0.6) is 0 Å². The maximum absolute atomic E-state index is 11.3. The van der Waals surface area contributed by atoms with Crippen molar-refractivity contribution in [3.05, 3.63) is 0 Å². The number of carboxylic acids is 1. The minimum Gasteiger partial charge on any atom is -0.480 e. The Bertz CT molecular complexity index is 243. The van der Waals surface area contributed by atoms with E-state index in [0.29, 0.717) is 6.04 Å². The van der Waals surface area contributed by atoms with Gasteiger partial charge in [-0.25, -0.2) is 0 Å². The van der Waals surface area contributed by atoms with E-state index in [1.807, 2.05) is 13.8 Å². The first-order valence-electron chi connectivity index (χ1n) is 6.14. The zero-order chi connectivity index (χ0) is 12.3. The molecule has 0 radical (unpaired) electrons. The Morgan fingerprint density at radius 2 is 2.06 bits per heavy atom. The third-order valence-corrected chi connectivity index (χ3v) is 3.56. The van der Waals surface area contributed by atoms with E-state index in [-0.39, 0.29) is 12.0 Å². The van der Waals surface area contributed by atoms with Crippen molar-refractivity contribution in [2.45, 2.75) is 39.3 Å². The van der Waals surface area contributed by atoms with E-state index in [4.69, 9.17) is 0 Å². The van der Waals surface area contributed by atoms with E-state index in [1.54, 1.807) is 0 Å². The summed E-state index contributed by atoms with van der Waals surface area (Å²) >= 11 is 0. The molecule has 0 aliphatic carbocycles. The van der Waals surface area contributed by atoms with E-state index in [1.165, 1.54) is 0 Å². The van der Waals surface area contributed by atoms with E-state index in [2.05, 4.69) is 23.8 Å². The number of hydrogen-bond donors (Lipinski definition) is 1. The quantitative estimate of drug-likeness (QED) is 0.783. The van der Waals surface area contributed by atoms with Gasteiger partial charge in [-0.05, 0) is 19.4 Å². The Morgan fingerprint density at radius 3 is 2.50 bits per heavy atom. The fourth-order valence-electron chi connectivity index (χ4n) is 2.53. The lowest BCUT2D eigenvalue weighted by Crippen LogP contribution is -2.57. The van der Waals surface area contributed by atoms with Gasteiger partial charge in [0.1, 0.15) is 6.04 Å². The average molecular weight is 228 g/mol. The lowest BCUT2D eigenvalue weighted by atomic mass is 10.00. The third-order valence-electron chi connectivity index (χ3n) is 3.56. The maximum atomic E-state index is 11.3. The summed E-state index contributed by atoms with van der Waals surface area (Å²) in [5, 5.41) is 9.27. The topological polar surface area (TPSA) is 43.8 Å². The van der Waals surface area contributed by atoms with Gasteiger partial charge in [-0.3, -0.25) is 9.69 Å². The van der Waals surface area contributed by atoms with Gasteiger partial charge < -0.3 is 10.0 Å². The van der Waals surface area contributed by atoms with E-state index in [9.17, 15) is 9.90 Å². The lowest BCUT2D eigenvalue weighted by Gasteiger charge is -2.42. The summed E-state index contributed by atoms with van der Waals surface area (Å²) in [6.45, 7) is 8.84. The number of aliphatic carboxylic acids is 1. The number of nitrogens with zero attached hydrogens (tertiary/aromatic N) is 2. The highest BCUT2D eigenvalue weighted by molar-refractivity contribution is 5.73. The van der Waals surface area contributed by atoms with Crippen LogP contribution in [-0.2, 0) is 4.79 Å². The van der Waals surface area contributed by atoms with E-state index in [0.717, 1.165) is 26.1 Å². The normalized spacial score (nSPS) is 25.9. The molecule has 1 aliphatic rings. The van der Waals surface area contributed by atoms with Gasteiger partial charge in [-0.15, -0.1) is 0 Å². The molecule has 2 unspecified atom stereocenters. The summed E-state index contributed by atoms with van der Waals surface area (Å²) < 4.78 is 0. The summed E-state index contributed by atoms with van der Waals surface area (Å²) in [7, 11) is 2.12. The minimum atomic E-state index is -0.686. The molecule has 1 N–H and O–H groups in total. The first-order valence-corrected chi connectivity index (χ1v) is 6.14. The van der Waals surface area contributed by atoms with Crippen molar-refractivity contribution in [3.8, 4) is 0 Å². The fourth-order valence-corrected chi connectivity index (χ4v) is 2.53. The van der Waals surface area contributed by atoms with Crippen LogP contribution in [0.3, 0.4) is 0 Å². The number of carbonyl (C=O) groups is 1. The largest absolute Gasteiger partial charge is 0.480 e. The Balaban J connectivity index is 2.69. The molecule has 16 heavy (non-hydrogen) atoms. The molecule has 1 saturated heterocycles. The zero-order valence-electron chi connectivity index (χ0n) is 10.8. The van der Waals surface area contributed by atoms with Gasteiger partial charge in [0.05, 0.1) is 0 Å². The second-order valence-corrected chi connectivity index (χ2v) is 5.06. The molecule has 94 valence electrons. The van der Waals surface area contributed by atoms with Crippen molar-refractivity contribution in [2.75, 3.05) is 26.7 Å². The SMILES string of the molecule is CCC1CN(C(C(=O)O)C(C)C)CCN1C. The van der Waals surface area contributed by atoms with Gasteiger partial charge >= 0.3 is 5.97 Å². The van der Waals surface area contributed by atoms with Gasteiger partial charge in [-0.2, -0.15) is 0 Å². The van der Waals surface area contributed by atoms with Crippen LogP contribution >= 0.6 is 0 Å². The first-order chi connectivity index (χ1) is 7.47. The Morgan fingerprint density at radius 1 is 1.44 bits per heavy atom. The second kappa shape index (κ2) is 5.64. The van der Waals surface area contributed by atoms with Crippen LogP contribution < -0.4 is 0 Å². The van der Waals surface area contributed by atoms with Crippen molar-refractivity contribution in [1.29, 1.82) is 0 Å². The number of likely N-dealkylation sites (N-methyl/N-ethyl adjacent to an activating group) is 1. The summed E-state index contributed by atoms with van der Waals surface area (Å²) in [6.07, 6.45) is 1.08. The molecular formula is C12H24N2O2. The smallest absolute Gasteiger partial charge is 0.321 e. The third kappa shape index (κ3) is 2.95. The average Bonchev–Trinajstić information content (AvgIpc) is 2.19. The lowest BCUT2D eigenvalue weighted by molar-refractivity contribution is -0.146. The van der Waals surface area contributed by atoms with Crippen molar-refractivity contribution in [1.82, 2.24) is 9.80 Å². The van der Waals surface area contributed by atoms with Crippen LogP contribution in [0.1, 0.15) is 27.2 Å². The molecule has 0 bridgehead atoms. The number of hydrogen-bond acceptors (Lipinski definition) is 3. The van der Waals surface area contributed by atoms with E-state index >= 15 is 0 Å². The minimum absolute atomic E-state index is 0.165. The van der Waals surface area contributed by atoms with Crippen molar-refractivity contribution in [2.24, 2.45) is 5.92 Å². The van der Waals surface area contributed by atoms with Crippen LogP contribution in [-0.4, -0.2) is 59.6 Å². The number of rotatable bonds is 4. The van der Waals surface area contributed by atoms with Gasteiger partial charge in [0, 0.05) is 25.7 Å². The Labute approximate surface area is 98.2 Å². The van der Waals surface area contributed by atoms with Gasteiger partial charge in [0.15, 0.2) is 0 Å². The summed E-state index contributed by atoms with van der Waals surface area (Å²) in [5.74, 6) is -0.521. The highest BCUT2D eigenvalue weighted by Gasteiger charge is 2.33. The Kier molecular flexibility index (Phi) is 4.74. The highest BCUT2D eigenvalue weighted by atomic mass is 16.4. The molecule has 1 heterocycles. The molecular weight excluding hydrogens is 204 g/mol. The molecule has 4 nitrogen and oxygen atoms in total. The van der Waals surface area contributed by atoms with Crippen LogP contribution in [0.15, 0.2) is 0 Å². The second-order valence-electron chi connectivity index (χ2n) is 5.06. The molecule has 0 aromatic heterocycles. The molecule has 4 heteroatoms. The van der Waals surface area contributed by atoms with Crippen LogP contribution in [0, 0.1) is 5.92 Å². The van der Waals surface area contributed by atoms with Crippen LogP contribution in [0.25, 0.3) is 0 Å². The van der Waals surface area contributed by atoms with Gasteiger partial charge in [0.2, 0.25) is 0 Å². The van der Waals surface area contributed by atoms with Gasteiger partial charge in [-0.1, -0.05) is 20.8 Å². The molecule has 1 fully saturated rings. The van der Waals surface area contributed by atoms with Crippen LogP contribution in [0.4, 0.5) is 0 Å².